The Hall–Kier alpha value is -2.67. The second kappa shape index (κ2) is 7.29. The Labute approximate surface area is 152 Å². The predicted octanol–water partition coefficient (Wildman–Crippen LogP) is 5.64. The van der Waals surface area contributed by atoms with E-state index in [9.17, 15) is 18.0 Å². The third-order valence-corrected chi connectivity index (χ3v) is 4.62. The van der Waals surface area contributed by atoms with E-state index >= 15 is 0 Å². The van der Waals surface area contributed by atoms with Crippen molar-refractivity contribution in [3.8, 4) is 11.3 Å². The van der Waals surface area contributed by atoms with Crippen LogP contribution in [0.25, 0.3) is 11.3 Å². The molecule has 7 heteroatoms. The Morgan fingerprint density at radius 3 is 2.46 bits per heavy atom. The van der Waals surface area contributed by atoms with Crippen molar-refractivity contribution in [1.29, 1.82) is 0 Å². The van der Waals surface area contributed by atoms with Crippen molar-refractivity contribution in [2.24, 2.45) is 0 Å². The number of anilines is 1. The van der Waals surface area contributed by atoms with Crippen LogP contribution in [-0.2, 0) is 12.6 Å². The predicted molar refractivity (Wildman–Crippen MR) is 96.3 cm³/mol. The molecule has 3 rings (SSSR count). The number of rotatable bonds is 4. The van der Waals surface area contributed by atoms with E-state index in [4.69, 9.17) is 0 Å². The highest BCUT2D eigenvalue weighted by molar-refractivity contribution is 7.14. The molecule has 134 valence electrons. The number of hydrogen-bond donors (Lipinski definition) is 1. The molecule has 3 nitrogen and oxygen atoms in total. The average molecular weight is 376 g/mol. The number of aryl methyl sites for hydroxylation is 1. The SMILES string of the molecule is CCc1ccc(-c2csc(NC(=O)c3ccccc3C(F)(F)F)n2)cc1. The molecule has 0 radical (unpaired) electrons. The number of nitrogens with one attached hydrogen (secondary N) is 1. The number of halogens is 3. The molecule has 0 unspecified atom stereocenters. The highest BCUT2D eigenvalue weighted by Gasteiger charge is 2.34. The van der Waals surface area contributed by atoms with Crippen molar-refractivity contribution in [2.75, 3.05) is 5.32 Å². The zero-order valence-electron chi connectivity index (χ0n) is 13.8. The number of alkyl halides is 3. The first-order chi connectivity index (χ1) is 12.4. The van der Waals surface area contributed by atoms with Gasteiger partial charge in [0.05, 0.1) is 16.8 Å². The maximum Gasteiger partial charge on any atom is 0.417 e. The van der Waals surface area contributed by atoms with E-state index in [1.165, 1.54) is 29.0 Å². The Bertz CT molecular complexity index is 917. The highest BCUT2D eigenvalue weighted by atomic mass is 32.1. The van der Waals surface area contributed by atoms with E-state index in [0.717, 1.165) is 24.1 Å². The van der Waals surface area contributed by atoms with Gasteiger partial charge in [-0.15, -0.1) is 11.3 Å². The van der Waals surface area contributed by atoms with E-state index < -0.39 is 23.2 Å². The third kappa shape index (κ3) is 3.94. The molecular formula is C19H15F3N2OS. The molecule has 0 aliphatic carbocycles. The van der Waals surface area contributed by atoms with Crippen LogP contribution in [0, 0.1) is 0 Å². The van der Waals surface area contributed by atoms with Crippen LogP contribution in [0.4, 0.5) is 18.3 Å². The van der Waals surface area contributed by atoms with Gasteiger partial charge in [0, 0.05) is 10.9 Å². The molecule has 2 aromatic carbocycles. The molecule has 26 heavy (non-hydrogen) atoms. The van der Waals surface area contributed by atoms with Crippen molar-refractivity contribution >= 4 is 22.4 Å². The van der Waals surface area contributed by atoms with Gasteiger partial charge in [-0.3, -0.25) is 10.1 Å². The van der Waals surface area contributed by atoms with Gasteiger partial charge in [0.15, 0.2) is 5.13 Å². The van der Waals surface area contributed by atoms with Gasteiger partial charge in [-0.1, -0.05) is 43.3 Å². The van der Waals surface area contributed by atoms with E-state index in [1.54, 1.807) is 5.38 Å². The van der Waals surface area contributed by atoms with Crippen molar-refractivity contribution < 1.29 is 18.0 Å². The van der Waals surface area contributed by atoms with Gasteiger partial charge in [0.2, 0.25) is 0 Å². The summed E-state index contributed by atoms with van der Waals surface area (Å²) in [5.74, 6) is -0.833. The highest BCUT2D eigenvalue weighted by Crippen LogP contribution is 2.32. The summed E-state index contributed by atoms with van der Waals surface area (Å²) in [6, 6.07) is 12.5. The van der Waals surface area contributed by atoms with Gasteiger partial charge in [0.1, 0.15) is 0 Å². The lowest BCUT2D eigenvalue weighted by Gasteiger charge is -2.11. The zero-order valence-corrected chi connectivity index (χ0v) is 14.6. The van der Waals surface area contributed by atoms with Crippen LogP contribution in [0.15, 0.2) is 53.9 Å². The lowest BCUT2D eigenvalue weighted by molar-refractivity contribution is -0.137. The molecule has 0 spiro atoms. The van der Waals surface area contributed by atoms with Gasteiger partial charge in [-0.2, -0.15) is 13.2 Å². The number of amides is 1. The lowest BCUT2D eigenvalue weighted by Crippen LogP contribution is -2.18. The minimum absolute atomic E-state index is 0.251. The molecular weight excluding hydrogens is 361 g/mol. The Kier molecular flexibility index (Phi) is 5.08. The fraction of sp³-hybridized carbons (Fsp3) is 0.158. The fourth-order valence-electron chi connectivity index (χ4n) is 2.47. The number of hydrogen-bond acceptors (Lipinski definition) is 3. The molecule has 0 atom stereocenters. The molecule has 0 fully saturated rings. The summed E-state index contributed by atoms with van der Waals surface area (Å²) in [6.07, 6.45) is -3.67. The van der Waals surface area contributed by atoms with E-state index in [2.05, 4.69) is 17.2 Å². The first kappa shape index (κ1) is 18.1. The molecule has 1 aromatic heterocycles. The smallest absolute Gasteiger partial charge is 0.298 e. The summed E-state index contributed by atoms with van der Waals surface area (Å²) in [5, 5.41) is 4.46. The quantitative estimate of drug-likeness (QED) is 0.640. The third-order valence-electron chi connectivity index (χ3n) is 3.86. The van der Waals surface area contributed by atoms with Crippen LogP contribution in [0.5, 0.6) is 0 Å². The van der Waals surface area contributed by atoms with Crippen molar-refractivity contribution in [1.82, 2.24) is 4.98 Å². The monoisotopic (exact) mass is 376 g/mol. The maximum absolute atomic E-state index is 13.0. The molecule has 0 saturated carbocycles. The summed E-state index contributed by atoms with van der Waals surface area (Å²) < 4.78 is 39.1. The molecule has 1 amide bonds. The number of carbonyl (C=O) groups excluding carboxylic acids is 1. The minimum Gasteiger partial charge on any atom is -0.298 e. The number of carbonyl (C=O) groups is 1. The van der Waals surface area contributed by atoms with E-state index in [-0.39, 0.29) is 5.13 Å². The second-order valence-electron chi connectivity index (χ2n) is 5.59. The van der Waals surface area contributed by atoms with Crippen molar-refractivity contribution in [3.05, 3.63) is 70.6 Å². The summed E-state index contributed by atoms with van der Waals surface area (Å²) in [4.78, 5) is 16.6. The van der Waals surface area contributed by atoms with Crippen LogP contribution in [0.2, 0.25) is 0 Å². The van der Waals surface area contributed by atoms with Crippen LogP contribution < -0.4 is 5.32 Å². The van der Waals surface area contributed by atoms with Crippen LogP contribution >= 0.6 is 11.3 Å². The Balaban J connectivity index is 1.80. The largest absolute Gasteiger partial charge is 0.417 e. The Morgan fingerprint density at radius 2 is 1.81 bits per heavy atom. The Morgan fingerprint density at radius 1 is 1.12 bits per heavy atom. The summed E-state index contributed by atoms with van der Waals surface area (Å²) in [6.45, 7) is 2.06. The van der Waals surface area contributed by atoms with Gasteiger partial charge >= 0.3 is 6.18 Å². The molecule has 1 heterocycles. The zero-order chi connectivity index (χ0) is 18.7. The van der Waals surface area contributed by atoms with Crippen LogP contribution in [0.1, 0.15) is 28.4 Å². The second-order valence-corrected chi connectivity index (χ2v) is 6.44. The van der Waals surface area contributed by atoms with Crippen LogP contribution in [0.3, 0.4) is 0 Å². The lowest BCUT2D eigenvalue weighted by atomic mass is 10.1. The number of nitrogens with zero attached hydrogens (tertiary/aromatic N) is 1. The first-order valence-electron chi connectivity index (χ1n) is 7.91. The van der Waals surface area contributed by atoms with E-state index in [1.807, 2.05) is 24.3 Å². The topological polar surface area (TPSA) is 42.0 Å². The molecule has 0 aliphatic heterocycles. The van der Waals surface area contributed by atoms with Gasteiger partial charge in [-0.25, -0.2) is 4.98 Å². The number of aromatic nitrogens is 1. The summed E-state index contributed by atoms with van der Waals surface area (Å²) >= 11 is 1.17. The van der Waals surface area contributed by atoms with Gasteiger partial charge in [0.25, 0.3) is 5.91 Å². The van der Waals surface area contributed by atoms with Gasteiger partial charge < -0.3 is 0 Å². The molecule has 3 aromatic rings. The summed E-state index contributed by atoms with van der Waals surface area (Å²) in [7, 11) is 0. The van der Waals surface area contributed by atoms with E-state index in [0.29, 0.717) is 5.69 Å². The fourth-order valence-corrected chi connectivity index (χ4v) is 3.18. The molecule has 0 aliphatic rings. The maximum atomic E-state index is 13.0. The minimum atomic E-state index is -4.59. The van der Waals surface area contributed by atoms with Crippen molar-refractivity contribution in [2.45, 2.75) is 19.5 Å². The van der Waals surface area contributed by atoms with Gasteiger partial charge in [-0.05, 0) is 24.1 Å². The summed E-state index contributed by atoms with van der Waals surface area (Å²) in [5.41, 5.74) is 1.35. The molecule has 0 saturated heterocycles. The number of thiazole rings is 1. The standard InChI is InChI=1S/C19H15F3N2OS/c1-2-12-7-9-13(10-8-12)16-11-26-18(23-16)24-17(25)14-5-3-4-6-15(14)19(20,21)22/h3-11H,2H2,1H3,(H,23,24,25). The van der Waals surface area contributed by atoms with Crippen molar-refractivity contribution in [3.63, 3.8) is 0 Å². The molecule has 1 N–H and O–H groups in total. The normalized spacial score (nSPS) is 11.4. The van der Waals surface area contributed by atoms with Crippen LogP contribution in [-0.4, -0.2) is 10.9 Å². The average Bonchev–Trinajstić information content (AvgIpc) is 3.09. The molecule has 0 bridgehead atoms. The number of benzene rings is 2. The first-order valence-corrected chi connectivity index (χ1v) is 8.79.